The van der Waals surface area contributed by atoms with E-state index < -0.39 is 0 Å². The van der Waals surface area contributed by atoms with Gasteiger partial charge in [-0.25, -0.2) is 5.90 Å². The van der Waals surface area contributed by atoms with Crippen LogP contribution in [0.4, 0.5) is 5.69 Å². The maximum Gasteiger partial charge on any atom is 0.229 e. The molecule has 31 heavy (non-hydrogen) atoms. The zero-order valence-electron chi connectivity index (χ0n) is 17.6. The van der Waals surface area contributed by atoms with Gasteiger partial charge in [-0.2, -0.15) is 0 Å². The lowest BCUT2D eigenvalue weighted by atomic mass is 9.53. The number of hydrogen-bond donors (Lipinski definition) is 1. The fraction of sp³-hybridized carbons (Fsp3) is 0.609. The molecule has 0 unspecified atom stereocenters. The average Bonchev–Trinajstić information content (AvgIpc) is 3.24. The third-order valence-electron chi connectivity index (χ3n) is 8.88. The molecule has 6 atom stereocenters. The second-order valence-electron chi connectivity index (χ2n) is 9.71. The molecule has 0 radical (unpaired) electrons. The van der Waals surface area contributed by atoms with Gasteiger partial charge in [-0.05, 0) is 36.9 Å². The van der Waals surface area contributed by atoms with E-state index in [0.717, 1.165) is 31.6 Å². The smallest absolute Gasteiger partial charge is 0.229 e. The number of carbonyl (C=O) groups excluding carboxylic acids is 1. The molecule has 164 valence electrons. The van der Waals surface area contributed by atoms with Gasteiger partial charge in [-0.15, -0.1) is 0 Å². The first kappa shape index (κ1) is 18.4. The summed E-state index contributed by atoms with van der Waals surface area (Å²) in [6.45, 7) is 2.65. The summed E-state index contributed by atoms with van der Waals surface area (Å²) in [5, 5.41) is 0. The van der Waals surface area contributed by atoms with Crippen LogP contribution in [0.3, 0.4) is 0 Å². The third kappa shape index (κ3) is 2.12. The number of fused-ring (bicyclic) bond motifs is 2. The number of ether oxygens (including phenoxy) is 3. The van der Waals surface area contributed by atoms with Crippen LogP contribution in [-0.4, -0.2) is 62.6 Å². The highest BCUT2D eigenvalue weighted by atomic mass is 16.7. The van der Waals surface area contributed by atoms with Crippen LogP contribution in [0.15, 0.2) is 23.8 Å². The Bertz CT molecular complexity index is 1010. The Morgan fingerprint density at radius 2 is 2.23 bits per heavy atom. The highest BCUT2D eigenvalue weighted by Gasteiger charge is 2.71. The van der Waals surface area contributed by atoms with E-state index in [1.165, 1.54) is 11.1 Å². The van der Waals surface area contributed by atoms with Gasteiger partial charge in [0.15, 0.2) is 11.5 Å². The Balaban J connectivity index is 1.47. The van der Waals surface area contributed by atoms with Crippen LogP contribution in [0.5, 0.6) is 11.5 Å². The van der Waals surface area contributed by atoms with Gasteiger partial charge >= 0.3 is 0 Å². The lowest BCUT2D eigenvalue weighted by Crippen LogP contribution is -2.69. The zero-order valence-corrected chi connectivity index (χ0v) is 17.6. The first-order valence-corrected chi connectivity index (χ1v) is 11.2. The van der Waals surface area contributed by atoms with Gasteiger partial charge in [-0.3, -0.25) is 14.5 Å². The highest BCUT2D eigenvalue weighted by molar-refractivity contribution is 5.99. The summed E-state index contributed by atoms with van der Waals surface area (Å²) >= 11 is 0. The van der Waals surface area contributed by atoms with Crippen molar-refractivity contribution in [2.24, 2.45) is 17.7 Å². The van der Waals surface area contributed by atoms with Crippen LogP contribution in [0.1, 0.15) is 24.8 Å². The van der Waals surface area contributed by atoms with Crippen molar-refractivity contribution < 1.29 is 23.8 Å². The quantitative estimate of drug-likeness (QED) is 0.442. The zero-order chi connectivity index (χ0) is 20.9. The molecule has 4 fully saturated rings. The summed E-state index contributed by atoms with van der Waals surface area (Å²) in [5.41, 5.74) is 3.61. The molecule has 0 aromatic heterocycles. The van der Waals surface area contributed by atoms with Gasteiger partial charge in [0.1, 0.15) is 0 Å². The number of benzene rings is 1. The van der Waals surface area contributed by atoms with Crippen molar-refractivity contribution in [3.8, 4) is 11.5 Å². The molecule has 1 saturated carbocycles. The molecule has 1 amide bonds. The van der Waals surface area contributed by atoms with E-state index in [9.17, 15) is 4.79 Å². The number of carbonyl (C=O) groups is 1. The Hall–Kier alpha value is -2.13. The van der Waals surface area contributed by atoms with Gasteiger partial charge in [-0.1, -0.05) is 11.6 Å². The van der Waals surface area contributed by atoms with Gasteiger partial charge in [0, 0.05) is 30.0 Å². The predicted octanol–water partition coefficient (Wildman–Crippen LogP) is 1.33. The maximum atomic E-state index is 13.5. The number of rotatable bonds is 4. The third-order valence-corrected chi connectivity index (χ3v) is 8.88. The minimum Gasteiger partial charge on any atom is -0.493 e. The van der Waals surface area contributed by atoms with E-state index in [1.807, 2.05) is 6.07 Å². The fourth-order valence-corrected chi connectivity index (χ4v) is 7.92. The van der Waals surface area contributed by atoms with E-state index in [1.54, 1.807) is 7.11 Å². The van der Waals surface area contributed by atoms with E-state index >= 15 is 0 Å². The topological polar surface area (TPSA) is 86.5 Å². The fourth-order valence-electron chi connectivity index (χ4n) is 7.92. The normalized spacial score (nSPS) is 39.2. The molecule has 3 saturated heterocycles. The molecule has 5 heterocycles. The summed E-state index contributed by atoms with van der Waals surface area (Å²) in [7, 11) is 1.62. The molecule has 6 aliphatic rings. The highest BCUT2D eigenvalue weighted by Crippen LogP contribution is 2.66. The number of nitrogens with zero attached hydrogens (tertiary/aromatic N) is 2. The molecule has 7 rings (SSSR count). The summed E-state index contributed by atoms with van der Waals surface area (Å²) in [5.74, 6) is 7.40. The minimum atomic E-state index is -0.0992. The van der Waals surface area contributed by atoms with Gasteiger partial charge in [0.05, 0.1) is 38.0 Å². The molecule has 5 aliphatic heterocycles. The van der Waals surface area contributed by atoms with Crippen molar-refractivity contribution in [3.63, 3.8) is 0 Å². The molecule has 1 aromatic carbocycles. The molecule has 1 spiro atoms. The van der Waals surface area contributed by atoms with Crippen molar-refractivity contribution in [1.29, 1.82) is 0 Å². The summed E-state index contributed by atoms with van der Waals surface area (Å²) in [4.78, 5) is 22.9. The maximum absolute atomic E-state index is 13.5. The van der Waals surface area contributed by atoms with E-state index in [-0.39, 0.29) is 30.3 Å². The second kappa shape index (κ2) is 6.22. The number of nitrogens with two attached hydrogens (primary N) is 1. The molecule has 1 aliphatic carbocycles. The molecule has 1 aromatic rings. The van der Waals surface area contributed by atoms with Crippen LogP contribution in [0.2, 0.25) is 0 Å². The van der Waals surface area contributed by atoms with Crippen LogP contribution in [0.25, 0.3) is 0 Å². The first-order valence-electron chi connectivity index (χ1n) is 11.2. The lowest BCUT2D eigenvalue weighted by molar-refractivity contribution is -0.132. The molecular weight excluding hydrogens is 398 g/mol. The molecular formula is C23H27N3O5. The number of hydrogen-bond acceptors (Lipinski definition) is 7. The SMILES string of the molecule is COc1cc2c(cc1OCON)[C@@]13CCN4CC5=CCO[C@H]6CC(=O)N2[C@H]1[C@H]6[C@H]5C[C@H]43. The van der Waals surface area contributed by atoms with Gasteiger partial charge < -0.3 is 19.1 Å². The van der Waals surface area contributed by atoms with Crippen molar-refractivity contribution >= 4 is 11.6 Å². The van der Waals surface area contributed by atoms with Crippen molar-refractivity contribution in [1.82, 2.24) is 4.90 Å². The van der Waals surface area contributed by atoms with E-state index in [2.05, 4.69) is 26.8 Å². The number of amides is 1. The van der Waals surface area contributed by atoms with E-state index in [4.69, 9.17) is 20.1 Å². The first-order chi connectivity index (χ1) is 15.2. The van der Waals surface area contributed by atoms with Crippen molar-refractivity contribution in [3.05, 3.63) is 29.3 Å². The van der Waals surface area contributed by atoms with Crippen LogP contribution in [-0.2, 0) is 19.8 Å². The summed E-state index contributed by atoms with van der Waals surface area (Å²) < 4.78 is 17.7. The monoisotopic (exact) mass is 425 g/mol. The second-order valence-corrected chi connectivity index (χ2v) is 9.71. The lowest BCUT2D eigenvalue weighted by Gasteiger charge is -2.58. The van der Waals surface area contributed by atoms with E-state index in [0.29, 0.717) is 42.4 Å². The number of methoxy groups -OCH3 is 1. The molecule has 2 N–H and O–H groups in total. The minimum absolute atomic E-state index is 0.00459. The van der Waals surface area contributed by atoms with Crippen molar-refractivity contribution in [2.45, 2.75) is 42.9 Å². The molecule has 8 heteroatoms. The van der Waals surface area contributed by atoms with Crippen LogP contribution >= 0.6 is 0 Å². The molecule has 2 bridgehead atoms. The largest absolute Gasteiger partial charge is 0.493 e. The number of piperidine rings is 2. The molecule has 8 nitrogen and oxygen atoms in total. The Labute approximate surface area is 180 Å². The average molecular weight is 425 g/mol. The Morgan fingerprint density at radius 1 is 1.32 bits per heavy atom. The van der Waals surface area contributed by atoms with Gasteiger partial charge in [0.25, 0.3) is 0 Å². The predicted molar refractivity (Wildman–Crippen MR) is 111 cm³/mol. The standard InChI is InChI=1S/C23H27N3O5/c1-28-16-8-15-14(7-17(16)30-11-31-24)23-3-4-25-10-12-2-5-29-18-9-20(27)26(15)22(23)21(18)13(12)6-19(23)25/h2,7-8,13,18-19,21-22H,3-6,9-11,24H2,1H3/t13-,18-,19-,21-,22-,23+/m0/s1. The number of anilines is 1. The van der Waals surface area contributed by atoms with Gasteiger partial charge in [0.2, 0.25) is 12.7 Å². The van der Waals surface area contributed by atoms with Crippen LogP contribution in [0, 0.1) is 11.8 Å². The van der Waals surface area contributed by atoms with Crippen LogP contribution < -0.4 is 20.3 Å². The Kier molecular flexibility index (Phi) is 3.70. The summed E-state index contributed by atoms with van der Waals surface area (Å²) in [6.07, 6.45) is 4.92. The Morgan fingerprint density at radius 3 is 3.06 bits per heavy atom. The summed E-state index contributed by atoms with van der Waals surface area (Å²) in [6, 6.07) is 4.61. The van der Waals surface area contributed by atoms with Crippen molar-refractivity contribution in [2.75, 3.05) is 38.5 Å².